The van der Waals surface area contributed by atoms with Crippen LogP contribution in [0.5, 0.6) is 0 Å². The summed E-state index contributed by atoms with van der Waals surface area (Å²) in [6.45, 7) is 11.4. The van der Waals surface area contributed by atoms with Crippen molar-refractivity contribution in [2.45, 2.75) is 32.7 Å². The SMILES string of the molecule is CCOC(=O)C1=C(C)NC(C)=C(C(=O)OC)C1c1cccc([N+](=O)[O-])c1.OCCOCCN1CCN(C(c2ccccc2)c2ccc(Cl)cc2)CC1. The molecule has 0 amide bonds. The van der Waals surface area contributed by atoms with Crippen LogP contribution in [-0.2, 0) is 23.8 Å². The van der Waals surface area contributed by atoms with Gasteiger partial charge in [-0.2, -0.15) is 0 Å². The van der Waals surface area contributed by atoms with E-state index in [-0.39, 0.29) is 36.1 Å². The smallest absolute Gasteiger partial charge is 0.336 e. The van der Waals surface area contributed by atoms with Crippen LogP contribution in [0.1, 0.15) is 49.4 Å². The van der Waals surface area contributed by atoms with Crippen LogP contribution in [-0.4, -0.2) is 98.0 Å². The number of non-ortho nitro benzene ring substituents is 1. The first-order chi connectivity index (χ1) is 25.1. The number of hydrogen-bond acceptors (Lipinski definition) is 11. The lowest BCUT2D eigenvalue weighted by Gasteiger charge is -2.39. The highest BCUT2D eigenvalue weighted by atomic mass is 35.5. The van der Waals surface area contributed by atoms with Gasteiger partial charge in [-0.15, -0.1) is 0 Å². The number of halogens is 1. The first kappa shape index (κ1) is 40.2. The number of carbonyl (C=O) groups excluding carboxylic acids is 2. The third kappa shape index (κ3) is 10.5. The molecule has 1 fully saturated rings. The molecule has 0 bridgehead atoms. The molecule has 2 atom stereocenters. The number of piperazine rings is 1. The number of rotatable bonds is 13. The summed E-state index contributed by atoms with van der Waals surface area (Å²) in [5.74, 6) is -2.05. The highest BCUT2D eigenvalue weighted by Crippen LogP contribution is 2.40. The van der Waals surface area contributed by atoms with E-state index in [2.05, 4.69) is 57.6 Å². The van der Waals surface area contributed by atoms with Crippen molar-refractivity contribution in [2.24, 2.45) is 0 Å². The van der Waals surface area contributed by atoms with Crippen molar-refractivity contribution >= 4 is 29.2 Å². The van der Waals surface area contributed by atoms with Gasteiger partial charge in [0, 0.05) is 61.3 Å². The fraction of sp³-hybridized carbons (Fsp3) is 0.385. The number of methoxy groups -OCH3 is 1. The van der Waals surface area contributed by atoms with Gasteiger partial charge in [0.1, 0.15) is 0 Å². The van der Waals surface area contributed by atoms with Gasteiger partial charge in [-0.1, -0.05) is 66.2 Å². The molecule has 2 aliphatic rings. The lowest BCUT2D eigenvalue weighted by atomic mass is 9.80. The number of nitro benzene ring substituents is 1. The van der Waals surface area contributed by atoms with E-state index in [1.54, 1.807) is 26.8 Å². The Morgan fingerprint density at radius 3 is 2.15 bits per heavy atom. The van der Waals surface area contributed by atoms with Gasteiger partial charge in [0.05, 0.1) is 61.6 Å². The van der Waals surface area contributed by atoms with Crippen molar-refractivity contribution in [3.63, 3.8) is 0 Å². The number of allylic oxidation sites excluding steroid dienone is 2. The highest BCUT2D eigenvalue weighted by molar-refractivity contribution is 6.30. The predicted octanol–water partition coefficient (Wildman–Crippen LogP) is 5.62. The lowest BCUT2D eigenvalue weighted by Crippen LogP contribution is -2.48. The second-order valence-electron chi connectivity index (χ2n) is 12.3. The molecule has 0 radical (unpaired) electrons. The molecule has 2 heterocycles. The van der Waals surface area contributed by atoms with Crippen molar-refractivity contribution in [1.82, 2.24) is 15.1 Å². The summed E-state index contributed by atoms with van der Waals surface area (Å²) >= 11 is 6.09. The van der Waals surface area contributed by atoms with E-state index < -0.39 is 22.8 Å². The molecule has 278 valence electrons. The number of aliphatic hydroxyl groups is 1. The number of nitro groups is 1. The number of carbonyl (C=O) groups is 2. The van der Waals surface area contributed by atoms with Crippen molar-refractivity contribution < 1.29 is 33.8 Å². The van der Waals surface area contributed by atoms with E-state index in [0.29, 0.717) is 30.2 Å². The number of hydrogen-bond donors (Lipinski definition) is 2. The highest BCUT2D eigenvalue weighted by Gasteiger charge is 2.38. The van der Waals surface area contributed by atoms with Crippen molar-refractivity contribution in [3.8, 4) is 0 Å². The summed E-state index contributed by atoms with van der Waals surface area (Å²) in [5.41, 5.74) is 4.35. The van der Waals surface area contributed by atoms with Gasteiger partial charge in [-0.25, -0.2) is 9.59 Å². The molecule has 52 heavy (non-hydrogen) atoms. The standard InChI is InChI=1S/C21H27ClN2O2.C18H20N2O6/c22-20-8-6-19(7-9-20)21(18-4-2-1-3-5-18)24-12-10-23(11-13-24)14-16-26-17-15-25;1-5-26-18(22)15-11(3)19-10(2)14(17(21)25-4)16(15)12-7-6-8-13(9-12)20(23)24/h1-9,21,25H,10-17H2;6-9,16,19H,5H2,1-4H3. The predicted molar refractivity (Wildman–Crippen MR) is 199 cm³/mol. The van der Waals surface area contributed by atoms with Crippen molar-refractivity contribution in [2.75, 3.05) is 66.3 Å². The molecule has 12 nitrogen and oxygen atoms in total. The molecular weight excluding hydrogens is 688 g/mol. The largest absolute Gasteiger partial charge is 0.466 e. The second kappa shape index (κ2) is 19.9. The summed E-state index contributed by atoms with van der Waals surface area (Å²) in [7, 11) is 1.24. The summed E-state index contributed by atoms with van der Waals surface area (Å²) in [6, 6.07) is 25.0. The summed E-state index contributed by atoms with van der Waals surface area (Å²) < 4.78 is 15.4. The Morgan fingerprint density at radius 2 is 1.56 bits per heavy atom. The first-order valence-corrected chi connectivity index (χ1v) is 17.6. The van der Waals surface area contributed by atoms with E-state index in [9.17, 15) is 19.7 Å². The monoisotopic (exact) mass is 734 g/mol. The van der Waals surface area contributed by atoms with Crippen LogP contribution in [0.2, 0.25) is 5.02 Å². The number of dihydropyridines is 1. The zero-order valence-electron chi connectivity index (χ0n) is 30.0. The van der Waals surface area contributed by atoms with Crippen LogP contribution in [0.25, 0.3) is 0 Å². The molecule has 2 N–H and O–H groups in total. The molecule has 0 spiro atoms. The Kier molecular flexibility index (Phi) is 15.4. The average molecular weight is 735 g/mol. The summed E-state index contributed by atoms with van der Waals surface area (Å²) in [6.07, 6.45) is 0. The van der Waals surface area contributed by atoms with E-state index >= 15 is 0 Å². The quantitative estimate of drug-likeness (QED) is 0.0978. The van der Waals surface area contributed by atoms with Gasteiger partial charge in [0.15, 0.2) is 0 Å². The Morgan fingerprint density at radius 1 is 0.923 bits per heavy atom. The van der Waals surface area contributed by atoms with Gasteiger partial charge < -0.3 is 24.6 Å². The van der Waals surface area contributed by atoms with Gasteiger partial charge in [0.2, 0.25) is 0 Å². The van der Waals surface area contributed by atoms with Gasteiger partial charge >= 0.3 is 11.9 Å². The summed E-state index contributed by atoms with van der Waals surface area (Å²) in [5, 5.41) is 23.7. The van der Waals surface area contributed by atoms with Crippen LogP contribution >= 0.6 is 11.6 Å². The fourth-order valence-corrected chi connectivity index (χ4v) is 6.63. The van der Waals surface area contributed by atoms with Gasteiger partial charge in [-0.05, 0) is 49.6 Å². The zero-order chi connectivity index (χ0) is 37.6. The normalized spacial score (nSPS) is 17.1. The fourth-order valence-electron chi connectivity index (χ4n) is 6.51. The molecule has 3 aromatic carbocycles. The van der Waals surface area contributed by atoms with Crippen LogP contribution < -0.4 is 5.32 Å². The number of nitrogens with one attached hydrogen (secondary N) is 1. The maximum absolute atomic E-state index is 12.5. The molecule has 1 saturated heterocycles. The zero-order valence-corrected chi connectivity index (χ0v) is 30.8. The average Bonchev–Trinajstić information content (AvgIpc) is 3.15. The van der Waals surface area contributed by atoms with Crippen LogP contribution in [0.3, 0.4) is 0 Å². The van der Waals surface area contributed by atoms with E-state index in [1.807, 2.05) is 12.1 Å². The molecule has 0 saturated carbocycles. The third-order valence-electron chi connectivity index (χ3n) is 8.94. The number of aliphatic hydroxyl groups excluding tert-OH is 1. The molecule has 13 heteroatoms. The molecular formula is C39H47ClN4O8. The minimum Gasteiger partial charge on any atom is -0.466 e. The minimum atomic E-state index is -0.831. The molecule has 2 unspecified atom stereocenters. The second-order valence-corrected chi connectivity index (χ2v) is 12.7. The molecule has 0 aromatic heterocycles. The minimum absolute atomic E-state index is 0.0909. The first-order valence-electron chi connectivity index (χ1n) is 17.2. The topological polar surface area (TPSA) is 144 Å². The van der Waals surface area contributed by atoms with Crippen molar-refractivity contribution in [3.05, 3.63) is 133 Å². The Labute approximate surface area is 309 Å². The lowest BCUT2D eigenvalue weighted by molar-refractivity contribution is -0.384. The number of nitrogens with zero attached hydrogens (tertiary/aromatic N) is 3. The number of ether oxygens (including phenoxy) is 3. The van der Waals surface area contributed by atoms with Gasteiger partial charge in [-0.3, -0.25) is 19.9 Å². The Balaban J connectivity index is 0.000000233. The Bertz CT molecular complexity index is 1720. The molecule has 0 aliphatic carbocycles. The molecule has 5 rings (SSSR count). The van der Waals surface area contributed by atoms with Crippen LogP contribution in [0.4, 0.5) is 5.69 Å². The van der Waals surface area contributed by atoms with Crippen molar-refractivity contribution in [1.29, 1.82) is 0 Å². The number of esters is 2. The van der Waals surface area contributed by atoms with E-state index in [0.717, 1.165) is 37.7 Å². The van der Waals surface area contributed by atoms with Gasteiger partial charge in [0.25, 0.3) is 5.69 Å². The third-order valence-corrected chi connectivity index (χ3v) is 9.19. The number of benzene rings is 3. The van der Waals surface area contributed by atoms with Crippen LogP contribution in [0, 0.1) is 10.1 Å². The van der Waals surface area contributed by atoms with E-state index in [1.165, 1.54) is 36.4 Å². The summed E-state index contributed by atoms with van der Waals surface area (Å²) in [4.78, 5) is 40.5. The van der Waals surface area contributed by atoms with E-state index in [4.69, 9.17) is 30.9 Å². The maximum atomic E-state index is 12.5. The van der Waals surface area contributed by atoms with Crippen LogP contribution in [0.15, 0.2) is 101 Å². The molecule has 2 aliphatic heterocycles. The Hall–Kier alpha value is -4.59. The maximum Gasteiger partial charge on any atom is 0.336 e. The molecule has 3 aromatic rings.